The van der Waals surface area contributed by atoms with Gasteiger partial charge in [0.05, 0.1) is 5.56 Å². The van der Waals surface area contributed by atoms with Crippen LogP contribution in [0.3, 0.4) is 0 Å². The quantitative estimate of drug-likeness (QED) is 0.687. The number of aromatic nitrogens is 2. The highest BCUT2D eigenvalue weighted by Crippen LogP contribution is 2.37. The Morgan fingerprint density at radius 1 is 1.33 bits per heavy atom. The van der Waals surface area contributed by atoms with E-state index in [0.29, 0.717) is 16.5 Å². The number of nitrogens with zero attached hydrogens (tertiary/aromatic N) is 2. The van der Waals surface area contributed by atoms with Crippen LogP contribution in [0.15, 0.2) is 28.2 Å². The normalized spacial score (nSPS) is 16.7. The molecule has 1 aliphatic heterocycles. The molecule has 6 heteroatoms. The van der Waals surface area contributed by atoms with Gasteiger partial charge in [0.15, 0.2) is 5.16 Å². The molecule has 0 radical (unpaired) electrons. The first kappa shape index (κ1) is 16.8. The Kier molecular flexibility index (Phi) is 4.49. The maximum Gasteiger partial charge on any atom is 0.279 e. The van der Waals surface area contributed by atoms with Crippen molar-refractivity contribution in [1.82, 2.24) is 9.55 Å². The van der Waals surface area contributed by atoms with Crippen molar-refractivity contribution >= 4 is 23.5 Å². The maximum absolute atomic E-state index is 12.7. The highest BCUT2D eigenvalue weighted by atomic mass is 32.2. The molecule has 1 N–H and O–H groups in total. The second kappa shape index (κ2) is 6.43. The van der Waals surface area contributed by atoms with E-state index in [4.69, 9.17) is 0 Å². The highest BCUT2D eigenvalue weighted by Gasteiger charge is 2.32. The van der Waals surface area contributed by atoms with Gasteiger partial charge in [0.1, 0.15) is 5.82 Å². The van der Waals surface area contributed by atoms with E-state index in [1.807, 2.05) is 44.5 Å². The van der Waals surface area contributed by atoms with Gasteiger partial charge in [0.2, 0.25) is 5.91 Å². The van der Waals surface area contributed by atoms with E-state index in [2.05, 4.69) is 16.4 Å². The van der Waals surface area contributed by atoms with Crippen molar-refractivity contribution in [3.05, 3.63) is 50.8 Å². The molecule has 0 bridgehead atoms. The predicted molar refractivity (Wildman–Crippen MR) is 96.9 cm³/mol. The molecule has 1 atom stereocenters. The van der Waals surface area contributed by atoms with Crippen molar-refractivity contribution in [2.75, 3.05) is 11.1 Å². The number of fused-ring (bicyclic) bond motifs is 1. The summed E-state index contributed by atoms with van der Waals surface area (Å²) < 4.78 is 1.82. The fourth-order valence-corrected chi connectivity index (χ4v) is 3.97. The number of hydrogen-bond donors (Lipinski definition) is 1. The van der Waals surface area contributed by atoms with E-state index in [1.165, 1.54) is 11.8 Å². The van der Waals surface area contributed by atoms with Gasteiger partial charge in [0, 0.05) is 19.4 Å². The summed E-state index contributed by atoms with van der Waals surface area (Å²) in [5.74, 6) is 1.07. The smallest absolute Gasteiger partial charge is 0.279 e. The van der Waals surface area contributed by atoms with Crippen LogP contribution in [0.5, 0.6) is 0 Å². The number of thioether (sulfide) groups is 1. The number of benzene rings is 1. The molecule has 2 heterocycles. The Morgan fingerprint density at radius 3 is 2.75 bits per heavy atom. The molecule has 0 spiro atoms. The third-order valence-electron chi connectivity index (χ3n) is 4.38. The number of nitrogens with one attached hydrogen (secondary N) is 1. The van der Waals surface area contributed by atoms with Crippen LogP contribution in [0.2, 0.25) is 0 Å². The van der Waals surface area contributed by atoms with Crippen LogP contribution < -0.4 is 10.9 Å². The fourth-order valence-electron chi connectivity index (χ4n) is 3.28. The summed E-state index contributed by atoms with van der Waals surface area (Å²) in [4.78, 5) is 29.2. The second-order valence-corrected chi connectivity index (χ2v) is 7.35. The molecule has 0 fully saturated rings. The molecule has 1 aliphatic rings. The van der Waals surface area contributed by atoms with Gasteiger partial charge >= 0.3 is 0 Å². The summed E-state index contributed by atoms with van der Waals surface area (Å²) in [5, 5.41) is 3.50. The van der Waals surface area contributed by atoms with Crippen molar-refractivity contribution < 1.29 is 4.79 Å². The molecule has 1 amide bonds. The summed E-state index contributed by atoms with van der Waals surface area (Å²) in [6.07, 6.45) is 0.272. The SMILES string of the molecule is CCSc1nc(=O)c2c(n1C)NC(=O)C[C@H]2c1ccc(C)cc1C. The van der Waals surface area contributed by atoms with Crippen LogP contribution in [-0.2, 0) is 11.8 Å². The van der Waals surface area contributed by atoms with Crippen LogP contribution in [-0.4, -0.2) is 21.2 Å². The molecule has 3 rings (SSSR count). The molecular weight excluding hydrogens is 322 g/mol. The fraction of sp³-hybridized carbons (Fsp3) is 0.389. The molecular formula is C18H21N3O2S. The minimum atomic E-state index is -0.249. The average Bonchev–Trinajstić information content (AvgIpc) is 2.51. The molecule has 2 aromatic rings. The molecule has 0 saturated carbocycles. The largest absolute Gasteiger partial charge is 0.312 e. The van der Waals surface area contributed by atoms with Crippen molar-refractivity contribution in [3.8, 4) is 0 Å². The molecule has 1 aromatic heterocycles. The number of hydrogen-bond acceptors (Lipinski definition) is 4. The van der Waals surface area contributed by atoms with Gasteiger partial charge in [-0.1, -0.05) is 42.4 Å². The Morgan fingerprint density at radius 2 is 2.08 bits per heavy atom. The predicted octanol–water partition coefficient (Wildman–Crippen LogP) is 2.98. The van der Waals surface area contributed by atoms with E-state index in [9.17, 15) is 9.59 Å². The van der Waals surface area contributed by atoms with Gasteiger partial charge in [0.25, 0.3) is 5.56 Å². The Hall–Kier alpha value is -2.08. The number of carbonyl (C=O) groups is 1. The zero-order valence-corrected chi connectivity index (χ0v) is 15.2. The summed E-state index contributed by atoms with van der Waals surface area (Å²) in [6.45, 7) is 6.06. The van der Waals surface area contributed by atoms with Gasteiger partial charge in [-0.2, -0.15) is 4.98 Å². The summed E-state index contributed by atoms with van der Waals surface area (Å²) >= 11 is 1.49. The van der Waals surface area contributed by atoms with E-state index >= 15 is 0 Å². The lowest BCUT2D eigenvalue weighted by atomic mass is 9.84. The van der Waals surface area contributed by atoms with Crippen LogP contribution in [0.4, 0.5) is 5.82 Å². The van der Waals surface area contributed by atoms with Gasteiger partial charge in [-0.15, -0.1) is 0 Å². The second-order valence-electron chi connectivity index (χ2n) is 6.12. The first-order chi connectivity index (χ1) is 11.4. The summed E-state index contributed by atoms with van der Waals surface area (Å²) in [6, 6.07) is 6.13. The van der Waals surface area contributed by atoms with Crippen molar-refractivity contribution in [1.29, 1.82) is 0 Å². The van der Waals surface area contributed by atoms with Crippen LogP contribution >= 0.6 is 11.8 Å². The lowest BCUT2D eigenvalue weighted by Crippen LogP contribution is -2.33. The zero-order valence-electron chi connectivity index (χ0n) is 14.3. The topological polar surface area (TPSA) is 64.0 Å². The molecule has 0 saturated heterocycles. The molecule has 0 unspecified atom stereocenters. The van der Waals surface area contributed by atoms with E-state index in [0.717, 1.165) is 22.4 Å². The van der Waals surface area contributed by atoms with Crippen LogP contribution in [0.1, 0.15) is 41.5 Å². The number of carbonyl (C=O) groups excluding carboxylic acids is 1. The number of amides is 1. The lowest BCUT2D eigenvalue weighted by molar-refractivity contribution is -0.116. The van der Waals surface area contributed by atoms with Gasteiger partial charge in [-0.25, -0.2) is 0 Å². The van der Waals surface area contributed by atoms with Crippen molar-refractivity contribution in [2.24, 2.45) is 7.05 Å². The minimum absolute atomic E-state index is 0.0684. The average molecular weight is 343 g/mol. The third-order valence-corrected chi connectivity index (χ3v) is 5.29. The Labute approximate surface area is 145 Å². The van der Waals surface area contributed by atoms with Crippen LogP contribution in [0, 0.1) is 13.8 Å². The molecule has 1 aromatic carbocycles. The molecule has 24 heavy (non-hydrogen) atoms. The lowest BCUT2D eigenvalue weighted by Gasteiger charge is -2.28. The molecule has 5 nitrogen and oxygen atoms in total. The summed E-state index contributed by atoms with van der Waals surface area (Å²) in [5.41, 5.74) is 3.62. The summed E-state index contributed by atoms with van der Waals surface area (Å²) in [7, 11) is 1.84. The van der Waals surface area contributed by atoms with Gasteiger partial charge in [-0.3, -0.25) is 9.59 Å². The third kappa shape index (κ3) is 2.86. The van der Waals surface area contributed by atoms with Crippen LogP contribution in [0.25, 0.3) is 0 Å². The Bertz CT molecular complexity index is 873. The number of rotatable bonds is 3. The first-order valence-corrected chi connectivity index (χ1v) is 9.01. The highest BCUT2D eigenvalue weighted by molar-refractivity contribution is 7.99. The van der Waals surface area contributed by atoms with E-state index in [1.54, 1.807) is 0 Å². The first-order valence-electron chi connectivity index (χ1n) is 8.03. The maximum atomic E-state index is 12.7. The van der Waals surface area contributed by atoms with Gasteiger partial charge in [-0.05, 0) is 30.7 Å². The molecule has 126 valence electrons. The monoisotopic (exact) mass is 343 g/mol. The number of aryl methyl sites for hydroxylation is 2. The zero-order chi connectivity index (χ0) is 17.4. The van der Waals surface area contributed by atoms with Crippen molar-refractivity contribution in [3.63, 3.8) is 0 Å². The van der Waals surface area contributed by atoms with E-state index < -0.39 is 0 Å². The minimum Gasteiger partial charge on any atom is -0.312 e. The Balaban J connectivity index is 2.22. The standard InChI is InChI=1S/C18H21N3O2S/c1-5-24-18-20-17(23)15-13(9-14(22)19-16(15)21(18)4)12-7-6-10(2)8-11(12)3/h6-8,13H,5,9H2,1-4H3,(H,19,22)/t13-/m0/s1. The van der Waals surface area contributed by atoms with Gasteiger partial charge < -0.3 is 9.88 Å². The van der Waals surface area contributed by atoms with E-state index in [-0.39, 0.29) is 23.8 Å². The number of anilines is 1. The molecule has 0 aliphatic carbocycles. The van der Waals surface area contributed by atoms with Crippen molar-refractivity contribution in [2.45, 2.75) is 38.3 Å².